The van der Waals surface area contributed by atoms with E-state index in [0.717, 1.165) is 6.42 Å². The summed E-state index contributed by atoms with van der Waals surface area (Å²) < 4.78 is 5.08. The quantitative estimate of drug-likeness (QED) is 0.697. The van der Waals surface area contributed by atoms with Gasteiger partial charge in [0.25, 0.3) is 0 Å². The highest BCUT2D eigenvalue weighted by Gasteiger charge is 2.56. The van der Waals surface area contributed by atoms with Crippen molar-refractivity contribution in [3.63, 3.8) is 0 Å². The van der Waals surface area contributed by atoms with Crippen molar-refractivity contribution in [1.29, 1.82) is 0 Å². The first-order chi connectivity index (χ1) is 7.50. The lowest BCUT2D eigenvalue weighted by molar-refractivity contribution is -0.170. The van der Waals surface area contributed by atoms with Crippen molar-refractivity contribution in [2.45, 2.75) is 51.6 Å². The van der Waals surface area contributed by atoms with Crippen LogP contribution < -0.4 is 0 Å². The largest absolute Gasteiger partial charge is 0.465 e. The van der Waals surface area contributed by atoms with Gasteiger partial charge in [-0.05, 0) is 46.0 Å². The Morgan fingerprint density at radius 3 is 2.56 bits per heavy atom. The lowest BCUT2D eigenvalue weighted by Gasteiger charge is -2.37. The summed E-state index contributed by atoms with van der Waals surface area (Å²) in [5.41, 5.74) is -1.82. The molecule has 0 aromatic rings. The third-order valence-electron chi connectivity index (χ3n) is 3.73. The van der Waals surface area contributed by atoms with Gasteiger partial charge in [0.15, 0.2) is 0 Å². The number of rotatable bonds is 5. The van der Waals surface area contributed by atoms with Crippen LogP contribution in [-0.4, -0.2) is 35.0 Å². The Kier molecular flexibility index (Phi) is 4.33. The van der Waals surface area contributed by atoms with Crippen molar-refractivity contribution in [2.24, 2.45) is 5.41 Å². The van der Waals surface area contributed by atoms with Gasteiger partial charge in [-0.3, -0.25) is 4.79 Å². The average molecular weight is 230 g/mol. The van der Waals surface area contributed by atoms with Crippen molar-refractivity contribution in [3.05, 3.63) is 0 Å². The molecule has 0 aromatic carbocycles. The third-order valence-corrected chi connectivity index (χ3v) is 3.73. The average Bonchev–Trinajstić information content (AvgIpc) is 2.52. The molecule has 4 heteroatoms. The van der Waals surface area contributed by atoms with Gasteiger partial charge in [0.05, 0.1) is 17.6 Å². The highest BCUT2D eigenvalue weighted by molar-refractivity contribution is 5.79. The summed E-state index contributed by atoms with van der Waals surface area (Å²) in [6.45, 7) is 3.84. The predicted molar refractivity (Wildman–Crippen MR) is 59.9 cm³/mol. The number of hydrogen-bond donors (Lipinski definition) is 2. The minimum Gasteiger partial charge on any atom is -0.465 e. The van der Waals surface area contributed by atoms with Gasteiger partial charge >= 0.3 is 5.97 Å². The zero-order valence-electron chi connectivity index (χ0n) is 10.2. The van der Waals surface area contributed by atoms with E-state index in [-0.39, 0.29) is 12.6 Å². The second-order valence-electron chi connectivity index (χ2n) is 4.76. The summed E-state index contributed by atoms with van der Waals surface area (Å²) in [6.07, 6.45) is 3.12. The standard InChI is InChI=1S/C12H22O4/c1-3-16-10(14)12(8-5-9-13)7-4-6-11(12,2)15/h13,15H,3-9H2,1-2H3/t11-,12+/m1/s1. The first-order valence-corrected chi connectivity index (χ1v) is 6.00. The Hall–Kier alpha value is -0.610. The minimum absolute atomic E-state index is 0.0389. The molecule has 1 saturated carbocycles. The van der Waals surface area contributed by atoms with Crippen molar-refractivity contribution >= 4 is 5.97 Å². The van der Waals surface area contributed by atoms with E-state index in [2.05, 4.69) is 0 Å². The SMILES string of the molecule is CCOC(=O)[C@@]1(CCCO)CCC[C@@]1(C)O. The molecular formula is C12H22O4. The van der Waals surface area contributed by atoms with Gasteiger partial charge in [-0.15, -0.1) is 0 Å². The first-order valence-electron chi connectivity index (χ1n) is 6.00. The number of esters is 1. The molecule has 0 spiro atoms. The molecular weight excluding hydrogens is 208 g/mol. The van der Waals surface area contributed by atoms with Crippen LogP contribution in [0.25, 0.3) is 0 Å². The summed E-state index contributed by atoms with van der Waals surface area (Å²) in [5.74, 6) is -0.314. The summed E-state index contributed by atoms with van der Waals surface area (Å²) in [4.78, 5) is 12.0. The van der Waals surface area contributed by atoms with Gasteiger partial charge < -0.3 is 14.9 Å². The smallest absolute Gasteiger partial charge is 0.314 e. The molecule has 1 aliphatic rings. The third kappa shape index (κ3) is 2.23. The van der Waals surface area contributed by atoms with E-state index in [1.54, 1.807) is 13.8 Å². The molecule has 4 nitrogen and oxygen atoms in total. The number of carbonyl (C=O) groups excluding carboxylic acids is 1. The van der Waals surface area contributed by atoms with Crippen LogP contribution in [0, 0.1) is 5.41 Å². The molecule has 0 bridgehead atoms. The molecule has 1 aliphatic carbocycles. The molecule has 2 atom stereocenters. The van der Waals surface area contributed by atoms with E-state index in [4.69, 9.17) is 9.84 Å². The fraction of sp³-hybridized carbons (Fsp3) is 0.917. The Balaban J connectivity index is 2.88. The molecule has 0 radical (unpaired) electrons. The zero-order chi connectivity index (χ0) is 12.2. The normalized spacial score (nSPS) is 34.0. The fourth-order valence-corrected chi connectivity index (χ4v) is 2.71. The maximum Gasteiger partial charge on any atom is 0.314 e. The van der Waals surface area contributed by atoms with E-state index in [1.807, 2.05) is 0 Å². The van der Waals surface area contributed by atoms with Crippen molar-refractivity contribution in [1.82, 2.24) is 0 Å². The zero-order valence-corrected chi connectivity index (χ0v) is 10.2. The summed E-state index contributed by atoms with van der Waals surface area (Å²) in [6, 6.07) is 0. The molecule has 0 unspecified atom stereocenters. The van der Waals surface area contributed by atoms with Crippen LogP contribution >= 0.6 is 0 Å². The van der Waals surface area contributed by atoms with Crippen LogP contribution in [0.5, 0.6) is 0 Å². The summed E-state index contributed by atoms with van der Waals surface area (Å²) in [5, 5.41) is 19.2. The van der Waals surface area contributed by atoms with Gasteiger partial charge in [0.1, 0.15) is 0 Å². The summed E-state index contributed by atoms with van der Waals surface area (Å²) in [7, 11) is 0. The maximum atomic E-state index is 12.0. The number of carbonyl (C=O) groups is 1. The van der Waals surface area contributed by atoms with Gasteiger partial charge in [-0.1, -0.05) is 0 Å². The van der Waals surface area contributed by atoms with E-state index in [1.165, 1.54) is 0 Å². The first kappa shape index (κ1) is 13.5. The van der Waals surface area contributed by atoms with Crippen LogP contribution in [0.4, 0.5) is 0 Å². The number of aliphatic hydroxyl groups excluding tert-OH is 1. The minimum atomic E-state index is -1.01. The molecule has 1 rings (SSSR count). The lowest BCUT2D eigenvalue weighted by atomic mass is 9.72. The van der Waals surface area contributed by atoms with Gasteiger partial charge in [-0.2, -0.15) is 0 Å². The lowest BCUT2D eigenvalue weighted by Crippen LogP contribution is -2.48. The Labute approximate surface area is 96.6 Å². The van der Waals surface area contributed by atoms with Crippen LogP contribution in [0.3, 0.4) is 0 Å². The van der Waals surface area contributed by atoms with Crippen molar-refractivity contribution in [3.8, 4) is 0 Å². The Bertz CT molecular complexity index is 249. The van der Waals surface area contributed by atoms with E-state index in [0.29, 0.717) is 32.3 Å². The topological polar surface area (TPSA) is 66.8 Å². The second-order valence-corrected chi connectivity index (χ2v) is 4.76. The number of ether oxygens (including phenoxy) is 1. The molecule has 0 saturated heterocycles. The van der Waals surface area contributed by atoms with E-state index in [9.17, 15) is 9.90 Å². The van der Waals surface area contributed by atoms with Crippen LogP contribution in [0.15, 0.2) is 0 Å². The van der Waals surface area contributed by atoms with E-state index >= 15 is 0 Å². The van der Waals surface area contributed by atoms with Crippen LogP contribution in [0.1, 0.15) is 46.0 Å². The van der Waals surface area contributed by atoms with Gasteiger partial charge in [0.2, 0.25) is 0 Å². The van der Waals surface area contributed by atoms with Crippen molar-refractivity contribution < 1.29 is 19.7 Å². The number of hydrogen-bond acceptors (Lipinski definition) is 4. The fourth-order valence-electron chi connectivity index (χ4n) is 2.71. The second kappa shape index (κ2) is 5.15. The van der Waals surface area contributed by atoms with Gasteiger partial charge in [-0.25, -0.2) is 0 Å². The molecule has 0 heterocycles. The molecule has 1 fully saturated rings. The molecule has 16 heavy (non-hydrogen) atoms. The van der Waals surface area contributed by atoms with Crippen molar-refractivity contribution in [2.75, 3.05) is 13.2 Å². The Morgan fingerprint density at radius 2 is 2.12 bits per heavy atom. The Morgan fingerprint density at radius 1 is 1.44 bits per heavy atom. The molecule has 2 N–H and O–H groups in total. The summed E-state index contributed by atoms with van der Waals surface area (Å²) >= 11 is 0. The van der Waals surface area contributed by atoms with E-state index < -0.39 is 11.0 Å². The van der Waals surface area contributed by atoms with Crippen LogP contribution in [0.2, 0.25) is 0 Å². The maximum absolute atomic E-state index is 12.0. The highest BCUT2D eigenvalue weighted by Crippen LogP contribution is 2.50. The molecule has 94 valence electrons. The number of aliphatic hydroxyl groups is 2. The molecule has 0 aromatic heterocycles. The van der Waals surface area contributed by atoms with Crippen LogP contribution in [-0.2, 0) is 9.53 Å². The molecule has 0 aliphatic heterocycles. The monoisotopic (exact) mass is 230 g/mol. The molecule has 0 amide bonds. The highest BCUT2D eigenvalue weighted by atomic mass is 16.5. The van der Waals surface area contributed by atoms with Gasteiger partial charge in [0, 0.05) is 6.61 Å². The predicted octanol–water partition coefficient (Wildman–Crippen LogP) is 1.24.